The lowest BCUT2D eigenvalue weighted by molar-refractivity contribution is 0.619. The lowest BCUT2D eigenvalue weighted by Crippen LogP contribution is -2.15. The molecule has 0 saturated heterocycles. The highest BCUT2D eigenvalue weighted by atomic mass is 16.3. The third-order valence-electron chi connectivity index (χ3n) is 9.84. The molecule has 8 aromatic rings. The fraction of sp³-hybridized carbons (Fsp3) is 0.0652. The Kier molecular flexibility index (Phi) is 7.10. The largest absolute Gasteiger partial charge is 0.436 e. The molecule has 0 N–H and O–H groups in total. The van der Waals surface area contributed by atoms with Crippen LogP contribution >= 0.6 is 0 Å². The van der Waals surface area contributed by atoms with E-state index in [4.69, 9.17) is 9.40 Å². The topological polar surface area (TPSA) is 32.5 Å². The summed E-state index contributed by atoms with van der Waals surface area (Å²) in [5, 5.41) is 0. The van der Waals surface area contributed by atoms with Gasteiger partial charge in [-0.25, -0.2) is 4.98 Å². The zero-order chi connectivity index (χ0) is 33.7. The lowest BCUT2D eigenvalue weighted by Gasteiger charge is -2.30. The van der Waals surface area contributed by atoms with Crippen LogP contribution in [0, 0.1) is 0 Å². The SMILES string of the molecule is CC1(C)c2ccc(N(c3ccccc3)c3cccc(N(c4ccccc4)c4ccccc4)c3)cc2-c2cc3oc(-c4ccccc4)nc3cc21. The highest BCUT2D eigenvalue weighted by molar-refractivity contribution is 5.93. The van der Waals surface area contributed by atoms with Gasteiger partial charge in [-0.05, 0) is 113 Å². The van der Waals surface area contributed by atoms with Crippen molar-refractivity contribution in [3.05, 3.63) is 187 Å². The summed E-state index contributed by atoms with van der Waals surface area (Å²) in [5.74, 6) is 0.645. The van der Waals surface area contributed by atoms with E-state index >= 15 is 0 Å². The molecule has 0 atom stereocenters. The van der Waals surface area contributed by atoms with Crippen LogP contribution in [0.3, 0.4) is 0 Å². The maximum atomic E-state index is 6.36. The molecule has 4 heteroatoms. The smallest absolute Gasteiger partial charge is 0.227 e. The molecule has 0 bridgehead atoms. The number of benzene rings is 7. The number of hydrogen-bond donors (Lipinski definition) is 0. The normalized spacial score (nSPS) is 12.8. The average molecular weight is 646 g/mol. The molecule has 7 aromatic carbocycles. The number of anilines is 6. The molecule has 0 amide bonds. The summed E-state index contributed by atoms with van der Waals surface area (Å²) in [6, 6.07) is 61.9. The van der Waals surface area contributed by atoms with Gasteiger partial charge >= 0.3 is 0 Å². The first-order valence-electron chi connectivity index (χ1n) is 17.1. The summed E-state index contributed by atoms with van der Waals surface area (Å²) >= 11 is 0. The van der Waals surface area contributed by atoms with Gasteiger partial charge in [0.05, 0.1) is 0 Å². The van der Waals surface area contributed by atoms with Crippen LogP contribution in [0.15, 0.2) is 180 Å². The van der Waals surface area contributed by atoms with E-state index in [1.54, 1.807) is 0 Å². The minimum Gasteiger partial charge on any atom is -0.436 e. The van der Waals surface area contributed by atoms with Gasteiger partial charge in [-0.1, -0.05) is 98.8 Å². The van der Waals surface area contributed by atoms with Gasteiger partial charge in [-0.2, -0.15) is 0 Å². The van der Waals surface area contributed by atoms with Crippen molar-refractivity contribution in [2.24, 2.45) is 0 Å². The van der Waals surface area contributed by atoms with Crippen molar-refractivity contribution in [1.82, 2.24) is 4.98 Å². The fourth-order valence-electron chi connectivity index (χ4n) is 7.40. The Balaban J connectivity index is 1.18. The van der Waals surface area contributed by atoms with Crippen molar-refractivity contribution in [1.29, 1.82) is 0 Å². The van der Waals surface area contributed by atoms with Gasteiger partial charge in [0.15, 0.2) is 5.58 Å². The van der Waals surface area contributed by atoms with Crippen LogP contribution in [-0.4, -0.2) is 4.98 Å². The van der Waals surface area contributed by atoms with Crippen LogP contribution in [0.25, 0.3) is 33.7 Å². The van der Waals surface area contributed by atoms with Crippen LogP contribution in [0.4, 0.5) is 34.1 Å². The molecular weight excluding hydrogens is 611 g/mol. The molecule has 4 nitrogen and oxygen atoms in total. The second-order valence-electron chi connectivity index (χ2n) is 13.3. The maximum absolute atomic E-state index is 6.36. The average Bonchev–Trinajstić information content (AvgIpc) is 3.68. The molecule has 0 aliphatic heterocycles. The first kappa shape index (κ1) is 29.7. The predicted molar refractivity (Wildman–Crippen MR) is 206 cm³/mol. The van der Waals surface area contributed by atoms with Gasteiger partial charge in [0.1, 0.15) is 5.52 Å². The minimum absolute atomic E-state index is 0.188. The van der Waals surface area contributed by atoms with E-state index < -0.39 is 0 Å². The van der Waals surface area contributed by atoms with Crippen LogP contribution in [0.2, 0.25) is 0 Å². The summed E-state index contributed by atoms with van der Waals surface area (Å²) in [6.07, 6.45) is 0. The second-order valence-corrected chi connectivity index (χ2v) is 13.3. The van der Waals surface area contributed by atoms with Crippen molar-refractivity contribution in [2.45, 2.75) is 19.3 Å². The van der Waals surface area contributed by atoms with Crippen LogP contribution in [0.5, 0.6) is 0 Å². The Labute approximate surface area is 292 Å². The van der Waals surface area contributed by atoms with E-state index in [-0.39, 0.29) is 5.41 Å². The van der Waals surface area contributed by atoms with E-state index in [0.29, 0.717) is 5.89 Å². The van der Waals surface area contributed by atoms with E-state index in [1.807, 2.05) is 30.3 Å². The van der Waals surface area contributed by atoms with Gasteiger partial charge in [0.25, 0.3) is 0 Å². The molecule has 1 aliphatic rings. The molecule has 0 saturated carbocycles. The van der Waals surface area contributed by atoms with Gasteiger partial charge in [-0.3, -0.25) is 0 Å². The Bertz CT molecular complexity index is 2410. The van der Waals surface area contributed by atoms with Crippen molar-refractivity contribution >= 4 is 45.2 Å². The van der Waals surface area contributed by atoms with Gasteiger partial charge < -0.3 is 14.2 Å². The summed E-state index contributed by atoms with van der Waals surface area (Å²) in [7, 11) is 0. The number of rotatable bonds is 7. The summed E-state index contributed by atoms with van der Waals surface area (Å²) in [5.41, 5.74) is 14.0. The monoisotopic (exact) mass is 645 g/mol. The molecule has 0 spiro atoms. The summed E-state index contributed by atoms with van der Waals surface area (Å²) in [6.45, 7) is 4.61. The Morgan fingerprint density at radius 3 is 1.50 bits per heavy atom. The number of para-hydroxylation sites is 3. The first-order valence-corrected chi connectivity index (χ1v) is 17.1. The maximum Gasteiger partial charge on any atom is 0.227 e. The van der Waals surface area contributed by atoms with Gasteiger partial charge in [0.2, 0.25) is 5.89 Å². The summed E-state index contributed by atoms with van der Waals surface area (Å²) < 4.78 is 6.36. The number of aromatic nitrogens is 1. The molecule has 1 aliphatic carbocycles. The van der Waals surface area contributed by atoms with Crippen LogP contribution in [-0.2, 0) is 5.41 Å². The molecule has 0 unspecified atom stereocenters. The zero-order valence-electron chi connectivity index (χ0n) is 28.0. The van der Waals surface area contributed by atoms with Crippen molar-refractivity contribution < 1.29 is 4.42 Å². The minimum atomic E-state index is -0.188. The predicted octanol–water partition coefficient (Wildman–Crippen LogP) is 12.7. The Hall–Kier alpha value is -6.39. The Morgan fingerprint density at radius 2 is 0.920 bits per heavy atom. The first-order chi connectivity index (χ1) is 24.5. The molecule has 1 heterocycles. The molecular formula is C46H35N3O. The Morgan fingerprint density at radius 1 is 0.440 bits per heavy atom. The highest BCUT2D eigenvalue weighted by Gasteiger charge is 2.37. The molecule has 9 rings (SSSR count). The molecule has 0 fully saturated rings. The quantitative estimate of drug-likeness (QED) is 0.173. The molecule has 0 radical (unpaired) electrons. The third-order valence-corrected chi connectivity index (χ3v) is 9.84. The molecule has 240 valence electrons. The fourth-order valence-corrected chi connectivity index (χ4v) is 7.40. The van der Waals surface area contributed by atoms with Gasteiger partial charge in [0, 0.05) is 45.1 Å². The van der Waals surface area contributed by atoms with Crippen molar-refractivity contribution in [3.8, 4) is 22.6 Å². The van der Waals surface area contributed by atoms with Crippen LogP contribution < -0.4 is 9.80 Å². The van der Waals surface area contributed by atoms with E-state index in [2.05, 4.69) is 169 Å². The van der Waals surface area contributed by atoms with Crippen molar-refractivity contribution in [3.63, 3.8) is 0 Å². The number of hydrogen-bond acceptors (Lipinski definition) is 4. The molecule has 1 aromatic heterocycles. The summed E-state index contributed by atoms with van der Waals surface area (Å²) in [4.78, 5) is 9.56. The lowest BCUT2D eigenvalue weighted by atomic mass is 9.82. The van der Waals surface area contributed by atoms with E-state index in [0.717, 1.165) is 50.8 Å². The van der Waals surface area contributed by atoms with Gasteiger partial charge in [-0.15, -0.1) is 0 Å². The molecule has 50 heavy (non-hydrogen) atoms. The zero-order valence-corrected chi connectivity index (χ0v) is 28.0. The third kappa shape index (κ3) is 5.05. The number of nitrogens with zero attached hydrogens (tertiary/aromatic N) is 3. The number of oxazole rings is 1. The highest BCUT2D eigenvalue weighted by Crippen LogP contribution is 2.52. The van der Waals surface area contributed by atoms with Crippen LogP contribution in [0.1, 0.15) is 25.0 Å². The van der Waals surface area contributed by atoms with Crippen molar-refractivity contribution in [2.75, 3.05) is 9.80 Å². The standard InChI is InChI=1S/C46H35N3O/c1-46(2)41-27-26-38(29-39(41)40-30-44-43(31-42(40)46)47-45(50-44)32-16-7-3-8-17-32)49(35-22-13-6-14-23-35)37-25-15-24-36(28-37)48(33-18-9-4-10-19-33)34-20-11-5-12-21-34/h3-31H,1-2H3. The van der Waals surface area contributed by atoms with E-state index in [1.165, 1.54) is 22.3 Å². The van der Waals surface area contributed by atoms with E-state index in [9.17, 15) is 0 Å². The number of fused-ring (bicyclic) bond motifs is 4. The second kappa shape index (κ2) is 11.9.